The fourth-order valence-corrected chi connectivity index (χ4v) is 1.14. The fourth-order valence-electron chi connectivity index (χ4n) is 0.957. The standard InChI is InChI=1S/C9H10ClN3O/c10-7-4-6(9(12)13-5-7)2-1-3-8(11)14/h1,3-5H,2H2,(H2,11,14)(H2,12,13)/b3-1+. The molecule has 1 rings (SSSR count). The van der Waals surface area contributed by atoms with E-state index in [1.165, 1.54) is 12.3 Å². The van der Waals surface area contributed by atoms with Gasteiger partial charge in [-0.3, -0.25) is 4.79 Å². The number of nitrogen functional groups attached to an aromatic ring is 1. The Hall–Kier alpha value is -1.55. The van der Waals surface area contributed by atoms with Crippen LogP contribution in [0.2, 0.25) is 5.02 Å². The molecule has 0 aliphatic carbocycles. The van der Waals surface area contributed by atoms with Crippen LogP contribution in [0.4, 0.5) is 5.82 Å². The first kappa shape index (κ1) is 10.5. The average Bonchev–Trinajstić information content (AvgIpc) is 2.10. The SMILES string of the molecule is NC(=O)/C=C/Cc1cc(Cl)cnc1N. The Morgan fingerprint density at radius 2 is 2.36 bits per heavy atom. The minimum absolute atomic E-state index is 0.406. The normalized spacial score (nSPS) is 10.6. The number of pyridine rings is 1. The van der Waals surface area contributed by atoms with Gasteiger partial charge in [0.25, 0.3) is 0 Å². The molecule has 0 bridgehead atoms. The number of carbonyl (C=O) groups excluding carboxylic acids is 1. The largest absolute Gasteiger partial charge is 0.383 e. The van der Waals surface area contributed by atoms with Gasteiger partial charge in [-0.25, -0.2) is 4.98 Å². The van der Waals surface area contributed by atoms with Crippen LogP contribution >= 0.6 is 11.6 Å². The van der Waals surface area contributed by atoms with Crippen molar-refractivity contribution in [2.75, 3.05) is 5.73 Å². The predicted molar refractivity (Wildman–Crippen MR) is 55.7 cm³/mol. The summed E-state index contributed by atoms with van der Waals surface area (Å²) >= 11 is 5.72. The number of hydrogen-bond acceptors (Lipinski definition) is 3. The van der Waals surface area contributed by atoms with Crippen molar-refractivity contribution >= 4 is 23.3 Å². The third-order valence-corrected chi connectivity index (χ3v) is 1.79. The molecule has 0 aliphatic rings. The summed E-state index contributed by atoms with van der Waals surface area (Å²) in [4.78, 5) is 14.3. The number of carbonyl (C=O) groups is 1. The van der Waals surface area contributed by atoms with Crippen LogP contribution in [0.1, 0.15) is 5.56 Å². The van der Waals surface area contributed by atoms with E-state index < -0.39 is 5.91 Å². The molecule has 0 aromatic carbocycles. The molecule has 1 aromatic rings. The van der Waals surface area contributed by atoms with E-state index in [-0.39, 0.29) is 0 Å². The summed E-state index contributed by atoms with van der Waals surface area (Å²) in [7, 11) is 0. The topological polar surface area (TPSA) is 82.0 Å². The molecular formula is C9H10ClN3O. The second kappa shape index (κ2) is 4.62. The quantitative estimate of drug-likeness (QED) is 0.729. The summed E-state index contributed by atoms with van der Waals surface area (Å²) < 4.78 is 0. The highest BCUT2D eigenvalue weighted by molar-refractivity contribution is 6.30. The van der Waals surface area contributed by atoms with E-state index in [9.17, 15) is 4.79 Å². The van der Waals surface area contributed by atoms with E-state index in [4.69, 9.17) is 23.1 Å². The van der Waals surface area contributed by atoms with Crippen LogP contribution in [-0.2, 0) is 11.2 Å². The van der Waals surface area contributed by atoms with Crippen molar-refractivity contribution in [2.45, 2.75) is 6.42 Å². The molecule has 0 radical (unpaired) electrons. The molecule has 0 saturated carbocycles. The molecule has 0 spiro atoms. The number of anilines is 1. The van der Waals surface area contributed by atoms with E-state index in [2.05, 4.69) is 4.98 Å². The van der Waals surface area contributed by atoms with E-state index in [0.717, 1.165) is 5.56 Å². The molecule has 0 unspecified atom stereocenters. The third-order valence-electron chi connectivity index (χ3n) is 1.59. The zero-order valence-corrected chi connectivity index (χ0v) is 8.16. The van der Waals surface area contributed by atoms with E-state index in [1.807, 2.05) is 0 Å². The van der Waals surface area contributed by atoms with Gasteiger partial charge in [0.15, 0.2) is 0 Å². The number of aromatic nitrogens is 1. The van der Waals surface area contributed by atoms with Crippen molar-refractivity contribution in [1.29, 1.82) is 0 Å². The Balaban J connectivity index is 2.76. The van der Waals surface area contributed by atoms with Crippen molar-refractivity contribution in [3.05, 3.63) is 35.0 Å². The van der Waals surface area contributed by atoms with Crippen LogP contribution < -0.4 is 11.5 Å². The molecule has 4 nitrogen and oxygen atoms in total. The zero-order chi connectivity index (χ0) is 10.6. The van der Waals surface area contributed by atoms with Crippen LogP contribution in [-0.4, -0.2) is 10.9 Å². The van der Waals surface area contributed by atoms with Gasteiger partial charge in [-0.15, -0.1) is 0 Å². The van der Waals surface area contributed by atoms with Crippen molar-refractivity contribution in [1.82, 2.24) is 4.98 Å². The lowest BCUT2D eigenvalue weighted by atomic mass is 10.2. The maximum Gasteiger partial charge on any atom is 0.241 e. The fraction of sp³-hybridized carbons (Fsp3) is 0.111. The van der Waals surface area contributed by atoms with Gasteiger partial charge in [-0.05, 0) is 24.1 Å². The molecule has 1 amide bonds. The van der Waals surface area contributed by atoms with Gasteiger partial charge in [0, 0.05) is 6.20 Å². The molecular weight excluding hydrogens is 202 g/mol. The predicted octanol–water partition coefficient (Wildman–Crippen LogP) is 0.901. The number of nitrogens with two attached hydrogens (primary N) is 2. The molecule has 4 N–H and O–H groups in total. The Kier molecular flexibility index (Phi) is 3.48. The number of hydrogen-bond donors (Lipinski definition) is 2. The summed E-state index contributed by atoms with van der Waals surface area (Å²) in [6, 6.07) is 1.70. The summed E-state index contributed by atoms with van der Waals surface area (Å²) in [5, 5.41) is 0.515. The number of primary amides is 1. The van der Waals surface area contributed by atoms with Gasteiger partial charge in [0.1, 0.15) is 5.82 Å². The molecule has 74 valence electrons. The highest BCUT2D eigenvalue weighted by atomic mass is 35.5. The monoisotopic (exact) mass is 211 g/mol. The highest BCUT2D eigenvalue weighted by Gasteiger charge is 1.99. The van der Waals surface area contributed by atoms with Gasteiger partial charge in [-0.2, -0.15) is 0 Å². The van der Waals surface area contributed by atoms with Crippen molar-refractivity contribution < 1.29 is 4.79 Å². The molecule has 5 heteroatoms. The van der Waals surface area contributed by atoms with Gasteiger partial charge in [0.05, 0.1) is 5.02 Å². The lowest BCUT2D eigenvalue weighted by Crippen LogP contribution is -2.05. The minimum Gasteiger partial charge on any atom is -0.383 e. The van der Waals surface area contributed by atoms with E-state index in [1.54, 1.807) is 12.1 Å². The molecule has 1 heterocycles. The Morgan fingerprint density at radius 1 is 1.64 bits per heavy atom. The molecule has 14 heavy (non-hydrogen) atoms. The first-order valence-electron chi connectivity index (χ1n) is 3.95. The maximum atomic E-state index is 10.4. The van der Waals surface area contributed by atoms with Crippen LogP contribution in [0.25, 0.3) is 0 Å². The number of nitrogens with zero attached hydrogens (tertiary/aromatic N) is 1. The third kappa shape index (κ3) is 3.06. The first-order chi connectivity index (χ1) is 6.59. The number of amides is 1. The van der Waals surface area contributed by atoms with Crippen molar-refractivity contribution in [3.63, 3.8) is 0 Å². The van der Waals surface area contributed by atoms with Gasteiger partial charge < -0.3 is 11.5 Å². The Morgan fingerprint density at radius 3 is 3.00 bits per heavy atom. The second-order valence-corrected chi connectivity index (χ2v) is 3.14. The molecule has 0 saturated heterocycles. The van der Waals surface area contributed by atoms with Crippen LogP contribution in [0.15, 0.2) is 24.4 Å². The van der Waals surface area contributed by atoms with Crippen LogP contribution in [0, 0.1) is 0 Å². The summed E-state index contributed by atoms with van der Waals surface area (Å²) in [5.41, 5.74) is 11.3. The van der Waals surface area contributed by atoms with Gasteiger partial charge in [0.2, 0.25) is 5.91 Å². The molecule has 1 aromatic heterocycles. The van der Waals surface area contributed by atoms with Crippen molar-refractivity contribution in [3.8, 4) is 0 Å². The summed E-state index contributed by atoms with van der Waals surface area (Å²) in [5.74, 6) is -0.0814. The average molecular weight is 212 g/mol. The zero-order valence-electron chi connectivity index (χ0n) is 7.40. The van der Waals surface area contributed by atoms with Crippen molar-refractivity contribution in [2.24, 2.45) is 5.73 Å². The Labute approximate surface area is 86.6 Å². The number of halogens is 1. The highest BCUT2D eigenvalue weighted by Crippen LogP contribution is 2.15. The van der Waals surface area contributed by atoms with Crippen LogP contribution in [0.3, 0.4) is 0 Å². The van der Waals surface area contributed by atoms with Gasteiger partial charge >= 0.3 is 0 Å². The molecule has 0 fully saturated rings. The minimum atomic E-state index is -0.487. The van der Waals surface area contributed by atoms with E-state index in [0.29, 0.717) is 17.3 Å². The number of rotatable bonds is 3. The van der Waals surface area contributed by atoms with Gasteiger partial charge in [-0.1, -0.05) is 17.7 Å². The molecule has 0 aliphatic heterocycles. The summed E-state index contributed by atoms with van der Waals surface area (Å²) in [6.07, 6.45) is 4.85. The summed E-state index contributed by atoms with van der Waals surface area (Å²) in [6.45, 7) is 0. The first-order valence-corrected chi connectivity index (χ1v) is 4.33. The van der Waals surface area contributed by atoms with E-state index >= 15 is 0 Å². The smallest absolute Gasteiger partial charge is 0.241 e. The Bertz CT molecular complexity index is 376. The second-order valence-electron chi connectivity index (χ2n) is 2.71. The number of allylic oxidation sites excluding steroid dienone is 1. The maximum absolute atomic E-state index is 10.4. The molecule has 0 atom stereocenters. The van der Waals surface area contributed by atoms with Crippen LogP contribution in [0.5, 0.6) is 0 Å². The lowest BCUT2D eigenvalue weighted by molar-refractivity contribution is -0.113. The lowest BCUT2D eigenvalue weighted by Gasteiger charge is -2.01.